The van der Waals surface area contributed by atoms with Crippen molar-refractivity contribution in [1.29, 1.82) is 5.26 Å². The summed E-state index contributed by atoms with van der Waals surface area (Å²) in [5.74, 6) is 0.0818. The van der Waals surface area contributed by atoms with Gasteiger partial charge in [-0.05, 0) is 25.2 Å². The number of isocyanates is 3. The molecule has 0 aliphatic heterocycles. The average Bonchev–Trinajstić information content (AvgIpc) is 2.49. The SMILES string of the molecule is N#COC(CCC(CCCCN=C=O)CN=C=O)N=C=O. The van der Waals surface area contributed by atoms with Gasteiger partial charge in [0.2, 0.25) is 24.5 Å². The quantitative estimate of drug-likeness (QED) is 0.233. The molecule has 0 aromatic heterocycles. The van der Waals surface area contributed by atoms with E-state index in [1.54, 1.807) is 0 Å². The van der Waals surface area contributed by atoms with Crippen molar-refractivity contribution in [3.8, 4) is 6.26 Å². The molecule has 2 atom stereocenters. The zero-order valence-electron chi connectivity index (χ0n) is 11.5. The molecule has 21 heavy (non-hydrogen) atoms. The Hall–Kier alpha value is -2.57. The molecule has 0 bridgehead atoms. The van der Waals surface area contributed by atoms with E-state index in [0.717, 1.165) is 19.3 Å². The Morgan fingerprint density at radius 2 is 1.71 bits per heavy atom. The number of hydrogen-bond acceptors (Lipinski definition) is 8. The van der Waals surface area contributed by atoms with Gasteiger partial charge in [-0.15, -0.1) is 0 Å². The highest BCUT2D eigenvalue weighted by atomic mass is 16.5. The van der Waals surface area contributed by atoms with Crippen LogP contribution in [0.3, 0.4) is 0 Å². The summed E-state index contributed by atoms with van der Waals surface area (Å²) in [6.07, 6.45) is 8.18. The summed E-state index contributed by atoms with van der Waals surface area (Å²) in [6.45, 7) is 0.729. The zero-order chi connectivity index (χ0) is 15.8. The molecule has 0 aliphatic rings. The van der Waals surface area contributed by atoms with Crippen LogP contribution in [0.5, 0.6) is 0 Å². The molecule has 0 saturated heterocycles. The molecule has 0 fully saturated rings. The first kappa shape index (κ1) is 18.4. The zero-order valence-corrected chi connectivity index (χ0v) is 11.5. The van der Waals surface area contributed by atoms with E-state index in [0.29, 0.717) is 25.9 Å². The Bertz CT molecular complexity index is 469. The highest BCUT2D eigenvalue weighted by Gasteiger charge is 2.14. The van der Waals surface area contributed by atoms with E-state index in [2.05, 4.69) is 19.7 Å². The molecule has 0 saturated carbocycles. The summed E-state index contributed by atoms with van der Waals surface area (Å²) >= 11 is 0. The smallest absolute Gasteiger partial charge is 0.288 e. The summed E-state index contributed by atoms with van der Waals surface area (Å²) < 4.78 is 4.61. The van der Waals surface area contributed by atoms with Crippen molar-refractivity contribution < 1.29 is 19.1 Å². The number of carbonyl (C=O) groups excluding carboxylic acids is 3. The van der Waals surface area contributed by atoms with Gasteiger partial charge in [-0.3, -0.25) is 0 Å². The maximum atomic E-state index is 10.2. The third-order valence-electron chi connectivity index (χ3n) is 2.82. The van der Waals surface area contributed by atoms with Gasteiger partial charge in [0.15, 0.2) is 0 Å². The lowest BCUT2D eigenvalue weighted by Gasteiger charge is -2.15. The second kappa shape index (κ2) is 13.9. The fraction of sp³-hybridized carbons (Fsp3) is 0.692. The monoisotopic (exact) mass is 292 g/mol. The molecule has 0 amide bonds. The van der Waals surface area contributed by atoms with Crippen LogP contribution in [0, 0.1) is 17.4 Å². The van der Waals surface area contributed by atoms with Crippen LogP contribution in [0.2, 0.25) is 0 Å². The molecule has 0 radical (unpaired) electrons. The molecule has 8 heteroatoms. The van der Waals surface area contributed by atoms with Gasteiger partial charge in [0.1, 0.15) is 0 Å². The van der Waals surface area contributed by atoms with Crippen molar-refractivity contribution in [3.05, 3.63) is 0 Å². The fourth-order valence-corrected chi connectivity index (χ4v) is 1.81. The lowest BCUT2D eigenvalue weighted by molar-refractivity contribution is 0.150. The van der Waals surface area contributed by atoms with Crippen molar-refractivity contribution in [1.82, 2.24) is 0 Å². The second-order valence-corrected chi connectivity index (χ2v) is 4.23. The molecular formula is C13H16N4O4. The lowest BCUT2D eigenvalue weighted by atomic mass is 9.96. The van der Waals surface area contributed by atoms with E-state index in [-0.39, 0.29) is 5.92 Å². The fourth-order valence-electron chi connectivity index (χ4n) is 1.81. The van der Waals surface area contributed by atoms with Gasteiger partial charge in [-0.2, -0.15) is 10.3 Å². The number of rotatable bonds is 12. The molecule has 0 aromatic carbocycles. The Morgan fingerprint density at radius 1 is 0.952 bits per heavy atom. The van der Waals surface area contributed by atoms with E-state index in [1.807, 2.05) is 0 Å². The van der Waals surface area contributed by atoms with Gasteiger partial charge in [0.25, 0.3) is 6.26 Å². The molecule has 112 valence electrons. The van der Waals surface area contributed by atoms with Gasteiger partial charge in [0.05, 0.1) is 13.1 Å². The van der Waals surface area contributed by atoms with Crippen LogP contribution >= 0.6 is 0 Å². The van der Waals surface area contributed by atoms with Gasteiger partial charge >= 0.3 is 0 Å². The molecule has 2 unspecified atom stereocenters. The van der Waals surface area contributed by atoms with Crippen LogP contribution in [0.4, 0.5) is 0 Å². The number of hydrogen-bond donors (Lipinski definition) is 0. The first-order chi connectivity index (χ1) is 10.3. The van der Waals surface area contributed by atoms with Crippen LogP contribution in [0.25, 0.3) is 0 Å². The summed E-state index contributed by atoms with van der Waals surface area (Å²) in [7, 11) is 0. The van der Waals surface area contributed by atoms with Gasteiger partial charge in [-0.1, -0.05) is 6.42 Å². The minimum atomic E-state index is -0.852. The van der Waals surface area contributed by atoms with Crippen molar-refractivity contribution >= 4 is 18.2 Å². The number of nitriles is 1. The number of nitrogens with zero attached hydrogens (tertiary/aromatic N) is 4. The van der Waals surface area contributed by atoms with Crippen molar-refractivity contribution in [3.63, 3.8) is 0 Å². The van der Waals surface area contributed by atoms with Crippen LogP contribution < -0.4 is 0 Å². The minimum absolute atomic E-state index is 0.0818. The average molecular weight is 292 g/mol. The van der Waals surface area contributed by atoms with Gasteiger partial charge in [0, 0.05) is 6.42 Å². The van der Waals surface area contributed by atoms with Crippen LogP contribution in [-0.2, 0) is 19.1 Å². The van der Waals surface area contributed by atoms with E-state index in [9.17, 15) is 14.4 Å². The highest BCUT2D eigenvalue weighted by Crippen LogP contribution is 2.18. The third-order valence-corrected chi connectivity index (χ3v) is 2.82. The molecule has 0 N–H and O–H groups in total. The van der Waals surface area contributed by atoms with Crippen LogP contribution in [0.15, 0.2) is 15.0 Å². The largest absolute Gasteiger partial charge is 0.399 e. The normalized spacial score (nSPS) is 11.8. The Labute approximate surface area is 122 Å². The van der Waals surface area contributed by atoms with E-state index in [4.69, 9.17) is 5.26 Å². The Morgan fingerprint density at radius 3 is 2.33 bits per heavy atom. The highest BCUT2D eigenvalue weighted by molar-refractivity contribution is 5.33. The third kappa shape index (κ3) is 11.0. The van der Waals surface area contributed by atoms with E-state index < -0.39 is 6.23 Å². The molecule has 0 heterocycles. The van der Waals surface area contributed by atoms with Crippen molar-refractivity contribution in [2.75, 3.05) is 13.1 Å². The summed E-state index contributed by atoms with van der Waals surface area (Å²) in [6, 6.07) is 0. The van der Waals surface area contributed by atoms with Crippen molar-refractivity contribution in [2.45, 2.75) is 38.3 Å². The molecule has 8 nitrogen and oxygen atoms in total. The molecule has 0 spiro atoms. The van der Waals surface area contributed by atoms with Gasteiger partial charge in [-0.25, -0.2) is 24.4 Å². The first-order valence-corrected chi connectivity index (χ1v) is 6.47. The maximum absolute atomic E-state index is 10.2. The predicted octanol–water partition coefficient (Wildman–Crippen LogP) is 1.38. The standard InChI is InChI=1S/C13H16N4O4/c14-8-21-13(17-11-20)5-4-12(7-16-10-19)3-1-2-6-15-9-18/h12-13H,1-7H2. The van der Waals surface area contributed by atoms with Crippen LogP contribution in [0.1, 0.15) is 32.1 Å². The number of ether oxygens (including phenoxy) is 1. The Kier molecular flexibility index (Phi) is 12.2. The van der Waals surface area contributed by atoms with Gasteiger partial charge < -0.3 is 4.74 Å². The molecular weight excluding hydrogens is 276 g/mol. The summed E-state index contributed by atoms with van der Waals surface area (Å²) in [5, 5.41) is 8.42. The number of aliphatic imine (C=N–C) groups is 3. The molecule has 0 rings (SSSR count). The van der Waals surface area contributed by atoms with Crippen LogP contribution in [-0.4, -0.2) is 37.6 Å². The Balaban J connectivity index is 4.26. The maximum Gasteiger partial charge on any atom is 0.288 e. The minimum Gasteiger partial charge on any atom is -0.399 e. The topological polar surface area (TPSA) is 121 Å². The second-order valence-electron chi connectivity index (χ2n) is 4.23. The van der Waals surface area contributed by atoms with Crippen molar-refractivity contribution in [2.24, 2.45) is 20.9 Å². The first-order valence-electron chi connectivity index (χ1n) is 6.47. The number of unbranched alkanes of at least 4 members (excludes halogenated alkanes) is 1. The summed E-state index contributed by atoms with van der Waals surface area (Å²) in [4.78, 5) is 40.6. The predicted molar refractivity (Wildman–Crippen MR) is 71.2 cm³/mol. The van der Waals surface area contributed by atoms with E-state index in [1.165, 1.54) is 24.5 Å². The van der Waals surface area contributed by atoms with E-state index >= 15 is 0 Å². The lowest BCUT2D eigenvalue weighted by Crippen LogP contribution is -2.12. The molecule has 0 aromatic rings. The summed E-state index contributed by atoms with van der Waals surface area (Å²) in [5.41, 5.74) is 0. The molecule has 0 aliphatic carbocycles.